The Morgan fingerprint density at radius 1 is 1.03 bits per heavy atom. The predicted octanol–water partition coefficient (Wildman–Crippen LogP) is 4.47. The molecule has 188 valence electrons. The Hall–Kier alpha value is -2.71. The number of benzene rings is 2. The Morgan fingerprint density at radius 3 is 2.46 bits per heavy atom. The summed E-state index contributed by atoms with van der Waals surface area (Å²) < 4.78 is 29.5. The number of hydrogen-bond donors (Lipinski definition) is 2. The third kappa shape index (κ3) is 5.93. The van der Waals surface area contributed by atoms with Gasteiger partial charge < -0.3 is 10.6 Å². The average molecular weight is 498 g/mol. The number of anilines is 1. The first kappa shape index (κ1) is 25.4. The number of sulfonamides is 1. The molecule has 0 saturated heterocycles. The molecule has 1 heterocycles. The molecule has 1 saturated carbocycles. The molecule has 0 radical (unpaired) electrons. The standard InChI is InChI=1S/C27H35N3O4S/c1-19-13-14-24(28-20(2)31)26(17-19)35(33,34)30-16-15-21-9-7-8-12-23(21)25(30)18-27(32)29-22-10-5-3-4-6-11-22/h7-9,12-14,17,22,25H,3-6,10-11,15-16,18H2,1-2H3,(H,28,31)(H,29,32)/t25-/m1/s1. The maximum absolute atomic E-state index is 14.0. The summed E-state index contributed by atoms with van der Waals surface area (Å²) in [5, 5.41) is 5.83. The van der Waals surface area contributed by atoms with Crippen LogP contribution in [0, 0.1) is 6.92 Å². The number of carbonyl (C=O) groups is 2. The summed E-state index contributed by atoms with van der Waals surface area (Å²) in [4.78, 5) is 25.0. The first-order chi connectivity index (χ1) is 16.8. The molecule has 7 nitrogen and oxygen atoms in total. The van der Waals surface area contributed by atoms with E-state index < -0.39 is 16.1 Å². The number of aryl methyl sites for hydroxylation is 1. The Labute approximate surface area is 208 Å². The van der Waals surface area contributed by atoms with E-state index in [4.69, 9.17) is 0 Å². The number of hydrogen-bond acceptors (Lipinski definition) is 4. The van der Waals surface area contributed by atoms with E-state index in [0.717, 1.165) is 42.4 Å². The lowest BCUT2D eigenvalue weighted by Gasteiger charge is -2.36. The monoisotopic (exact) mass is 497 g/mol. The molecule has 1 fully saturated rings. The van der Waals surface area contributed by atoms with Crippen LogP contribution in [0.2, 0.25) is 0 Å². The predicted molar refractivity (Wildman–Crippen MR) is 137 cm³/mol. The van der Waals surface area contributed by atoms with Crippen LogP contribution in [0.25, 0.3) is 0 Å². The molecule has 4 rings (SSSR count). The largest absolute Gasteiger partial charge is 0.353 e. The highest BCUT2D eigenvalue weighted by molar-refractivity contribution is 7.89. The average Bonchev–Trinajstić information content (AvgIpc) is 3.08. The first-order valence-electron chi connectivity index (χ1n) is 12.5. The number of nitrogens with zero attached hydrogens (tertiary/aromatic N) is 1. The second-order valence-corrected chi connectivity index (χ2v) is 11.6. The minimum atomic E-state index is -4.00. The van der Waals surface area contributed by atoms with Crippen molar-refractivity contribution in [2.24, 2.45) is 0 Å². The maximum atomic E-state index is 14.0. The van der Waals surface area contributed by atoms with Gasteiger partial charge in [-0.15, -0.1) is 0 Å². The minimum Gasteiger partial charge on any atom is -0.353 e. The Balaban J connectivity index is 1.67. The van der Waals surface area contributed by atoms with Crippen molar-refractivity contribution < 1.29 is 18.0 Å². The van der Waals surface area contributed by atoms with Gasteiger partial charge >= 0.3 is 0 Å². The van der Waals surface area contributed by atoms with Gasteiger partial charge in [-0.2, -0.15) is 4.31 Å². The minimum absolute atomic E-state index is 0.0567. The van der Waals surface area contributed by atoms with Crippen molar-refractivity contribution in [1.82, 2.24) is 9.62 Å². The summed E-state index contributed by atoms with van der Waals surface area (Å²) in [5.74, 6) is -0.459. The van der Waals surface area contributed by atoms with Crippen LogP contribution < -0.4 is 10.6 Å². The zero-order chi connectivity index (χ0) is 25.0. The molecular weight excluding hydrogens is 462 g/mol. The van der Waals surface area contributed by atoms with Crippen LogP contribution in [0.1, 0.15) is 74.6 Å². The summed E-state index contributed by atoms with van der Waals surface area (Å²) in [5.41, 5.74) is 2.96. The molecule has 35 heavy (non-hydrogen) atoms. The third-order valence-corrected chi connectivity index (χ3v) is 8.94. The fourth-order valence-corrected chi connectivity index (χ4v) is 7.12. The summed E-state index contributed by atoms with van der Waals surface area (Å²) in [6, 6.07) is 12.3. The number of fused-ring (bicyclic) bond motifs is 1. The van der Waals surface area contributed by atoms with Gasteiger partial charge in [0, 0.05) is 25.9 Å². The van der Waals surface area contributed by atoms with Crippen molar-refractivity contribution in [3.05, 3.63) is 59.2 Å². The summed E-state index contributed by atoms with van der Waals surface area (Å²) in [6.07, 6.45) is 7.18. The molecule has 2 N–H and O–H groups in total. The third-order valence-electron chi connectivity index (χ3n) is 7.00. The highest BCUT2D eigenvalue weighted by Crippen LogP contribution is 2.38. The number of carbonyl (C=O) groups excluding carboxylic acids is 2. The van der Waals surface area contributed by atoms with E-state index in [1.807, 2.05) is 31.2 Å². The topological polar surface area (TPSA) is 95.6 Å². The van der Waals surface area contributed by atoms with E-state index in [1.165, 1.54) is 24.1 Å². The van der Waals surface area contributed by atoms with E-state index in [0.29, 0.717) is 6.42 Å². The molecule has 0 bridgehead atoms. The SMILES string of the molecule is CC(=O)Nc1ccc(C)cc1S(=O)(=O)N1CCc2ccccc2[C@H]1CC(=O)NC1CCCCCC1. The number of amides is 2. The Kier molecular flexibility index (Phi) is 7.91. The van der Waals surface area contributed by atoms with E-state index in [9.17, 15) is 18.0 Å². The molecule has 2 aromatic carbocycles. The Morgan fingerprint density at radius 2 is 1.74 bits per heavy atom. The van der Waals surface area contributed by atoms with E-state index in [-0.39, 0.29) is 41.4 Å². The second kappa shape index (κ2) is 10.9. The molecule has 0 unspecified atom stereocenters. The van der Waals surface area contributed by atoms with Crippen molar-refractivity contribution in [2.45, 2.75) is 82.2 Å². The lowest BCUT2D eigenvalue weighted by atomic mass is 9.92. The quantitative estimate of drug-likeness (QED) is 0.576. The number of rotatable bonds is 6. The summed E-state index contributed by atoms with van der Waals surface area (Å²) in [7, 11) is -4.00. The van der Waals surface area contributed by atoms with Gasteiger partial charge in [0.2, 0.25) is 21.8 Å². The molecular formula is C27H35N3O4S. The van der Waals surface area contributed by atoms with Crippen LogP contribution >= 0.6 is 0 Å². The Bertz CT molecular complexity index is 1190. The van der Waals surface area contributed by atoms with Gasteiger partial charge in [0.05, 0.1) is 11.7 Å². The van der Waals surface area contributed by atoms with E-state index >= 15 is 0 Å². The van der Waals surface area contributed by atoms with Crippen LogP contribution in [0.3, 0.4) is 0 Å². The normalized spacial score (nSPS) is 19.4. The van der Waals surface area contributed by atoms with Crippen molar-refractivity contribution in [1.29, 1.82) is 0 Å². The van der Waals surface area contributed by atoms with Gasteiger partial charge in [-0.25, -0.2) is 8.42 Å². The molecule has 0 spiro atoms. The molecule has 1 aliphatic carbocycles. The highest BCUT2D eigenvalue weighted by atomic mass is 32.2. The lowest BCUT2D eigenvalue weighted by molar-refractivity contribution is -0.123. The fourth-order valence-electron chi connectivity index (χ4n) is 5.28. The number of nitrogens with one attached hydrogen (secondary N) is 2. The summed E-state index contributed by atoms with van der Waals surface area (Å²) in [6.45, 7) is 3.45. The molecule has 1 atom stereocenters. The van der Waals surface area contributed by atoms with Gasteiger partial charge in [0.15, 0.2) is 0 Å². The van der Waals surface area contributed by atoms with Crippen LogP contribution in [0.5, 0.6) is 0 Å². The molecule has 2 aliphatic rings. The van der Waals surface area contributed by atoms with Crippen LogP contribution in [-0.4, -0.2) is 37.1 Å². The fraction of sp³-hybridized carbons (Fsp3) is 0.481. The molecule has 8 heteroatoms. The van der Waals surface area contributed by atoms with Crippen molar-refractivity contribution in [3.8, 4) is 0 Å². The lowest BCUT2D eigenvalue weighted by Crippen LogP contribution is -2.43. The zero-order valence-electron chi connectivity index (χ0n) is 20.5. The molecule has 2 aromatic rings. The van der Waals surface area contributed by atoms with Crippen LogP contribution in [0.15, 0.2) is 47.4 Å². The van der Waals surface area contributed by atoms with Crippen molar-refractivity contribution in [3.63, 3.8) is 0 Å². The van der Waals surface area contributed by atoms with Gasteiger partial charge in [0.25, 0.3) is 0 Å². The maximum Gasteiger partial charge on any atom is 0.245 e. The second-order valence-electron chi connectivity index (χ2n) is 9.72. The van der Waals surface area contributed by atoms with Gasteiger partial charge in [-0.3, -0.25) is 9.59 Å². The van der Waals surface area contributed by atoms with E-state index in [2.05, 4.69) is 10.6 Å². The summed E-state index contributed by atoms with van der Waals surface area (Å²) >= 11 is 0. The van der Waals surface area contributed by atoms with Crippen LogP contribution in [-0.2, 0) is 26.0 Å². The smallest absolute Gasteiger partial charge is 0.245 e. The zero-order valence-corrected chi connectivity index (χ0v) is 21.4. The first-order valence-corrected chi connectivity index (χ1v) is 14.0. The molecule has 0 aromatic heterocycles. The van der Waals surface area contributed by atoms with Gasteiger partial charge in [0.1, 0.15) is 4.90 Å². The van der Waals surface area contributed by atoms with E-state index in [1.54, 1.807) is 18.2 Å². The van der Waals surface area contributed by atoms with Gasteiger partial charge in [-0.1, -0.05) is 56.0 Å². The highest BCUT2D eigenvalue weighted by Gasteiger charge is 2.39. The van der Waals surface area contributed by atoms with Crippen LogP contribution in [0.4, 0.5) is 5.69 Å². The van der Waals surface area contributed by atoms with Crippen molar-refractivity contribution in [2.75, 3.05) is 11.9 Å². The molecule has 1 aliphatic heterocycles. The van der Waals surface area contributed by atoms with Crippen molar-refractivity contribution >= 4 is 27.5 Å². The van der Waals surface area contributed by atoms with Gasteiger partial charge in [-0.05, 0) is 55.0 Å². The molecule has 2 amide bonds.